The van der Waals surface area contributed by atoms with E-state index in [9.17, 15) is 4.79 Å². The standard InChI is InChI=1S/C20H20ClNO3/c1-19(2)12-24-20(25-13-19)15-8-4-6-10-17(15)22(18(20)23)11-14-7-3-5-9-16(14)21/h3-10H,11-13H2,1-2H3. The fourth-order valence-corrected chi connectivity index (χ4v) is 3.50. The third kappa shape index (κ3) is 2.65. The number of para-hydroxylation sites is 1. The fraction of sp³-hybridized carbons (Fsp3) is 0.350. The number of hydrogen-bond acceptors (Lipinski definition) is 3. The molecule has 1 amide bonds. The number of anilines is 1. The monoisotopic (exact) mass is 357 g/mol. The minimum atomic E-state index is -1.34. The Balaban J connectivity index is 1.73. The van der Waals surface area contributed by atoms with Gasteiger partial charge in [0, 0.05) is 16.0 Å². The van der Waals surface area contributed by atoms with Crippen LogP contribution in [-0.2, 0) is 26.6 Å². The minimum Gasteiger partial charge on any atom is -0.338 e. The van der Waals surface area contributed by atoms with Crippen molar-refractivity contribution < 1.29 is 14.3 Å². The molecule has 5 heteroatoms. The quantitative estimate of drug-likeness (QED) is 0.811. The Morgan fingerprint density at radius 1 is 1.04 bits per heavy atom. The van der Waals surface area contributed by atoms with Gasteiger partial charge >= 0.3 is 0 Å². The number of hydrogen-bond donors (Lipinski definition) is 0. The van der Waals surface area contributed by atoms with Crippen LogP contribution in [0.3, 0.4) is 0 Å². The predicted octanol–water partition coefficient (Wildman–Crippen LogP) is 4.11. The molecule has 0 saturated carbocycles. The van der Waals surface area contributed by atoms with E-state index in [4.69, 9.17) is 21.1 Å². The van der Waals surface area contributed by atoms with Crippen LogP contribution < -0.4 is 4.90 Å². The van der Waals surface area contributed by atoms with Crippen LogP contribution in [0.1, 0.15) is 25.0 Å². The first-order valence-corrected chi connectivity index (χ1v) is 8.74. The van der Waals surface area contributed by atoms with Gasteiger partial charge in [0.25, 0.3) is 11.7 Å². The second-order valence-electron chi connectivity index (χ2n) is 7.36. The molecule has 0 aromatic heterocycles. The number of fused-ring (bicyclic) bond motifs is 2. The molecule has 2 aliphatic rings. The van der Waals surface area contributed by atoms with Gasteiger partial charge in [-0.3, -0.25) is 4.79 Å². The summed E-state index contributed by atoms with van der Waals surface area (Å²) < 4.78 is 12.1. The molecule has 2 aromatic rings. The summed E-state index contributed by atoms with van der Waals surface area (Å²) in [5.41, 5.74) is 2.35. The number of rotatable bonds is 2. The topological polar surface area (TPSA) is 38.8 Å². The summed E-state index contributed by atoms with van der Waals surface area (Å²) in [6.45, 7) is 5.44. The molecule has 0 bridgehead atoms. The molecule has 1 saturated heterocycles. The molecular formula is C20H20ClNO3. The Bertz CT molecular complexity index is 823. The average Bonchev–Trinajstić information content (AvgIpc) is 2.82. The molecule has 0 N–H and O–H groups in total. The van der Waals surface area contributed by atoms with Gasteiger partial charge in [-0.15, -0.1) is 0 Å². The first-order chi connectivity index (χ1) is 11.9. The molecule has 130 valence electrons. The van der Waals surface area contributed by atoms with Crippen LogP contribution in [0.15, 0.2) is 48.5 Å². The van der Waals surface area contributed by atoms with E-state index in [1.165, 1.54) is 0 Å². The number of benzene rings is 2. The molecule has 0 aliphatic carbocycles. The van der Waals surface area contributed by atoms with Crippen molar-refractivity contribution in [2.24, 2.45) is 5.41 Å². The summed E-state index contributed by atoms with van der Waals surface area (Å²) in [5, 5.41) is 0.639. The van der Waals surface area contributed by atoms with E-state index in [1.54, 1.807) is 4.90 Å². The van der Waals surface area contributed by atoms with Crippen molar-refractivity contribution in [1.29, 1.82) is 0 Å². The first-order valence-electron chi connectivity index (χ1n) is 8.36. The number of amides is 1. The number of carbonyl (C=O) groups excluding carboxylic acids is 1. The molecule has 4 nitrogen and oxygen atoms in total. The van der Waals surface area contributed by atoms with Gasteiger partial charge in [0.1, 0.15) is 0 Å². The molecule has 0 unspecified atom stereocenters. The van der Waals surface area contributed by atoms with E-state index < -0.39 is 5.79 Å². The summed E-state index contributed by atoms with van der Waals surface area (Å²) in [5.74, 6) is -1.53. The highest BCUT2D eigenvalue weighted by Crippen LogP contribution is 2.47. The van der Waals surface area contributed by atoms with E-state index in [0.29, 0.717) is 24.8 Å². The van der Waals surface area contributed by atoms with Crippen molar-refractivity contribution in [1.82, 2.24) is 0 Å². The summed E-state index contributed by atoms with van der Waals surface area (Å²) in [6.07, 6.45) is 0. The average molecular weight is 358 g/mol. The molecule has 2 heterocycles. The lowest BCUT2D eigenvalue weighted by atomic mass is 9.93. The van der Waals surface area contributed by atoms with Crippen LogP contribution in [0.4, 0.5) is 5.69 Å². The second-order valence-corrected chi connectivity index (χ2v) is 7.77. The summed E-state index contributed by atoms with van der Waals surface area (Å²) in [7, 11) is 0. The molecule has 0 radical (unpaired) electrons. The first kappa shape index (κ1) is 16.6. The lowest BCUT2D eigenvalue weighted by Gasteiger charge is -2.40. The molecule has 2 aromatic carbocycles. The molecule has 1 spiro atoms. The van der Waals surface area contributed by atoms with Gasteiger partial charge in [-0.2, -0.15) is 0 Å². The summed E-state index contributed by atoms with van der Waals surface area (Å²) >= 11 is 6.29. The smallest absolute Gasteiger partial charge is 0.292 e. The number of halogens is 1. The number of nitrogens with zero attached hydrogens (tertiary/aromatic N) is 1. The van der Waals surface area contributed by atoms with E-state index >= 15 is 0 Å². The van der Waals surface area contributed by atoms with Crippen LogP contribution in [0, 0.1) is 5.41 Å². The van der Waals surface area contributed by atoms with Gasteiger partial charge in [-0.25, -0.2) is 0 Å². The predicted molar refractivity (Wildman–Crippen MR) is 96.4 cm³/mol. The lowest BCUT2D eigenvalue weighted by molar-refractivity contribution is -0.286. The summed E-state index contributed by atoms with van der Waals surface area (Å²) in [4.78, 5) is 15.0. The Morgan fingerprint density at radius 3 is 2.40 bits per heavy atom. The molecule has 1 fully saturated rings. The highest BCUT2D eigenvalue weighted by atomic mass is 35.5. The van der Waals surface area contributed by atoms with Crippen molar-refractivity contribution in [3.8, 4) is 0 Å². The maximum atomic E-state index is 13.3. The highest BCUT2D eigenvalue weighted by molar-refractivity contribution is 6.31. The fourth-order valence-electron chi connectivity index (χ4n) is 3.30. The molecule has 2 aliphatic heterocycles. The van der Waals surface area contributed by atoms with Gasteiger partial charge in [-0.05, 0) is 17.7 Å². The van der Waals surface area contributed by atoms with E-state index in [1.807, 2.05) is 48.5 Å². The zero-order valence-electron chi connectivity index (χ0n) is 14.3. The molecular weight excluding hydrogens is 338 g/mol. The van der Waals surface area contributed by atoms with Crippen molar-refractivity contribution in [3.63, 3.8) is 0 Å². The van der Waals surface area contributed by atoms with Crippen LogP contribution in [0.5, 0.6) is 0 Å². The lowest BCUT2D eigenvalue weighted by Crippen LogP contribution is -2.51. The normalized spacial score (nSPS) is 20.8. The van der Waals surface area contributed by atoms with Crippen LogP contribution in [0.25, 0.3) is 0 Å². The number of ether oxygens (including phenoxy) is 2. The van der Waals surface area contributed by atoms with Crippen LogP contribution in [0.2, 0.25) is 5.02 Å². The Kier molecular flexibility index (Phi) is 3.87. The maximum Gasteiger partial charge on any atom is 0.292 e. The SMILES string of the molecule is CC1(C)COC2(OC1)C(=O)N(Cc1ccccc1Cl)c1ccccc12. The van der Waals surface area contributed by atoms with Crippen LogP contribution in [-0.4, -0.2) is 19.1 Å². The Hall–Kier alpha value is -1.88. The van der Waals surface area contributed by atoms with Gasteiger partial charge in [-0.1, -0.05) is 61.8 Å². The van der Waals surface area contributed by atoms with Crippen molar-refractivity contribution in [3.05, 3.63) is 64.7 Å². The van der Waals surface area contributed by atoms with E-state index in [0.717, 1.165) is 16.8 Å². The molecule has 25 heavy (non-hydrogen) atoms. The van der Waals surface area contributed by atoms with E-state index in [2.05, 4.69) is 13.8 Å². The van der Waals surface area contributed by atoms with Crippen molar-refractivity contribution >= 4 is 23.2 Å². The molecule has 0 atom stereocenters. The zero-order valence-corrected chi connectivity index (χ0v) is 15.0. The van der Waals surface area contributed by atoms with Gasteiger partial charge in [0.15, 0.2) is 0 Å². The van der Waals surface area contributed by atoms with Crippen molar-refractivity contribution in [2.75, 3.05) is 18.1 Å². The highest BCUT2D eigenvalue weighted by Gasteiger charge is 2.56. The third-order valence-corrected chi connectivity index (χ3v) is 5.06. The zero-order chi connectivity index (χ0) is 17.7. The number of carbonyl (C=O) groups is 1. The van der Waals surface area contributed by atoms with Gasteiger partial charge < -0.3 is 14.4 Å². The van der Waals surface area contributed by atoms with Crippen LogP contribution >= 0.6 is 11.6 Å². The van der Waals surface area contributed by atoms with Gasteiger partial charge in [0.2, 0.25) is 0 Å². The second kappa shape index (κ2) is 5.84. The third-order valence-electron chi connectivity index (χ3n) is 4.69. The maximum absolute atomic E-state index is 13.3. The summed E-state index contributed by atoms with van der Waals surface area (Å²) in [6, 6.07) is 15.2. The van der Waals surface area contributed by atoms with E-state index in [-0.39, 0.29) is 11.3 Å². The van der Waals surface area contributed by atoms with Gasteiger partial charge in [0.05, 0.1) is 25.4 Å². The Labute approximate surface area is 152 Å². The minimum absolute atomic E-state index is 0.114. The molecule has 4 rings (SSSR count). The van der Waals surface area contributed by atoms with Crippen molar-refractivity contribution in [2.45, 2.75) is 26.2 Å². The Morgan fingerprint density at radius 2 is 1.68 bits per heavy atom. The largest absolute Gasteiger partial charge is 0.338 e.